The summed E-state index contributed by atoms with van der Waals surface area (Å²) in [6, 6.07) is 154. The molecule has 0 saturated heterocycles. The van der Waals surface area contributed by atoms with Crippen LogP contribution < -0.4 is 0 Å². The van der Waals surface area contributed by atoms with E-state index in [1.54, 1.807) is 0 Å². The molecular weight excluding hydrogens is 1800 g/mol. The van der Waals surface area contributed by atoms with Gasteiger partial charge in [0.25, 0.3) is 0 Å². The topological polar surface area (TPSA) is 182 Å². The van der Waals surface area contributed by atoms with E-state index in [0.717, 1.165) is 128 Å². The fourth-order valence-electron chi connectivity index (χ4n) is 22.3. The zero-order chi connectivity index (χ0) is 96.7. The number of fused-ring (bicyclic) bond motifs is 9. The van der Waals surface area contributed by atoms with Crippen LogP contribution in [0.25, 0.3) is 296 Å². The predicted molar refractivity (Wildman–Crippen MR) is 594 cm³/mol. The third-order valence-electron chi connectivity index (χ3n) is 28.7. The van der Waals surface area contributed by atoms with Crippen molar-refractivity contribution >= 4 is 98.0 Å². The van der Waals surface area contributed by atoms with E-state index in [0.29, 0.717) is 52.4 Å². The molecule has 0 N–H and O–H groups in total. The summed E-state index contributed by atoms with van der Waals surface area (Å²) in [6.07, 6.45) is 9.74. The highest BCUT2D eigenvalue weighted by Gasteiger charge is 2.33. The minimum Gasteiger partial charge on any atom is -0.309 e. The molecule has 0 atom stereocenters. The Labute approximate surface area is 842 Å². The summed E-state index contributed by atoms with van der Waals surface area (Å²) >= 11 is 0. The van der Waals surface area contributed by atoms with Gasteiger partial charge in [0.15, 0.2) is 52.4 Å². The predicted octanol–water partition coefficient (Wildman–Crippen LogP) is 31.6. The van der Waals surface area contributed by atoms with Crippen LogP contribution in [0.4, 0.5) is 0 Å². The highest BCUT2D eigenvalue weighted by molar-refractivity contribution is 6.34. The molecule has 0 bridgehead atoms. The van der Waals surface area contributed by atoms with Crippen LogP contribution in [0.5, 0.6) is 0 Å². The van der Waals surface area contributed by atoms with Crippen molar-refractivity contribution in [2.45, 2.75) is 0 Å². The van der Waals surface area contributed by atoms with Crippen molar-refractivity contribution in [1.29, 1.82) is 0 Å². The molecule has 0 amide bonds. The molecule has 0 aliphatic heterocycles. The molecule has 0 unspecified atom stereocenters. The Balaban J connectivity index is 0.000000104. The Morgan fingerprint density at radius 1 is 0.163 bits per heavy atom. The van der Waals surface area contributed by atoms with Crippen molar-refractivity contribution in [1.82, 2.24) is 78.5 Å². The highest BCUT2D eigenvalue weighted by Crippen LogP contribution is 2.56. The maximum absolute atomic E-state index is 5.06. The molecule has 3 aliphatic rings. The minimum atomic E-state index is 0.611. The summed E-state index contributed by atoms with van der Waals surface area (Å²) in [4.78, 5) is 64.5. The normalized spacial score (nSPS) is 11.8. The van der Waals surface area contributed by atoms with Gasteiger partial charge in [-0.1, -0.05) is 370 Å². The van der Waals surface area contributed by atoms with Crippen LogP contribution in [-0.4, -0.2) is 78.5 Å². The van der Waals surface area contributed by atoms with Crippen molar-refractivity contribution < 1.29 is 0 Å². The molecular formula is C131H78N16. The monoisotopic (exact) mass is 1870 g/mol. The Hall–Kier alpha value is -20.2. The van der Waals surface area contributed by atoms with Crippen molar-refractivity contribution in [3.8, 4) is 198 Å². The summed E-state index contributed by atoms with van der Waals surface area (Å²) in [6.45, 7) is 0. The van der Waals surface area contributed by atoms with E-state index in [1.807, 2.05) is 219 Å². The van der Waals surface area contributed by atoms with Gasteiger partial charge >= 0.3 is 0 Å². The zero-order valence-corrected chi connectivity index (χ0v) is 78.7. The number of hydrogen-bond donors (Lipinski definition) is 0. The molecule has 31 rings (SSSR count). The van der Waals surface area contributed by atoms with E-state index < -0.39 is 0 Å². The van der Waals surface area contributed by atoms with E-state index >= 15 is 0 Å². The number of rotatable bonds is 13. The first-order valence-corrected chi connectivity index (χ1v) is 49.2. The molecule has 0 saturated carbocycles. The fourth-order valence-corrected chi connectivity index (χ4v) is 22.3. The quantitative estimate of drug-likeness (QED) is 0.106. The van der Waals surface area contributed by atoms with Crippen LogP contribution in [0.15, 0.2) is 474 Å². The fraction of sp³-hybridized carbons (Fsp3) is 0. The van der Waals surface area contributed by atoms with Gasteiger partial charge in [-0.25, -0.2) is 49.8 Å². The maximum atomic E-state index is 5.06. The lowest BCUT2D eigenvalue weighted by atomic mass is 9.88. The first-order valence-electron chi connectivity index (χ1n) is 49.2. The van der Waals surface area contributed by atoms with Gasteiger partial charge in [0.1, 0.15) is 5.65 Å². The summed E-state index contributed by atoms with van der Waals surface area (Å²) in [5, 5.41) is 13.3. The number of aromatic nitrogens is 16. The second kappa shape index (κ2) is 34.3. The maximum Gasteiger partial charge on any atom is 0.164 e. The van der Waals surface area contributed by atoms with Crippen LogP contribution in [0, 0.1) is 0 Å². The summed E-state index contributed by atoms with van der Waals surface area (Å²) in [7, 11) is 0. The van der Waals surface area contributed by atoms with E-state index in [9.17, 15) is 0 Å². The molecule has 28 aromatic rings. The van der Waals surface area contributed by atoms with Gasteiger partial charge in [0, 0.05) is 146 Å². The average molecular weight is 1880 g/mol. The summed E-state index contributed by atoms with van der Waals surface area (Å²) in [5.41, 5.74) is 35.3. The molecule has 10 heterocycles. The zero-order valence-electron chi connectivity index (χ0n) is 78.7. The largest absolute Gasteiger partial charge is 0.309 e. The van der Waals surface area contributed by atoms with Gasteiger partial charge in [-0.3, -0.25) is 19.5 Å². The van der Waals surface area contributed by atoms with E-state index in [4.69, 9.17) is 64.8 Å². The molecule has 10 aromatic heterocycles. The van der Waals surface area contributed by atoms with Gasteiger partial charge < -0.3 is 9.13 Å². The highest BCUT2D eigenvalue weighted by atomic mass is 15.1. The van der Waals surface area contributed by atoms with Crippen LogP contribution in [0.2, 0.25) is 0 Å². The van der Waals surface area contributed by atoms with Gasteiger partial charge in [-0.2, -0.15) is 0 Å². The smallest absolute Gasteiger partial charge is 0.164 e. The Morgan fingerprint density at radius 2 is 0.510 bits per heavy atom. The minimum absolute atomic E-state index is 0.611. The Kier molecular flexibility index (Phi) is 19.6. The number of nitrogens with zero attached hydrogens (tertiary/aromatic N) is 16. The molecule has 18 aromatic carbocycles. The van der Waals surface area contributed by atoms with Crippen LogP contribution in [-0.2, 0) is 0 Å². The molecule has 0 fully saturated rings. The van der Waals surface area contributed by atoms with Gasteiger partial charge in [-0.05, 0) is 144 Å². The molecule has 0 radical (unpaired) electrons. The van der Waals surface area contributed by atoms with Crippen molar-refractivity contribution in [2.24, 2.45) is 0 Å². The van der Waals surface area contributed by atoms with E-state index in [-0.39, 0.29) is 0 Å². The lowest BCUT2D eigenvalue weighted by Crippen LogP contribution is -2.01. The van der Waals surface area contributed by atoms with Crippen molar-refractivity contribution in [3.63, 3.8) is 0 Å². The first kappa shape index (κ1) is 83.7. The summed E-state index contributed by atoms with van der Waals surface area (Å²) < 4.78 is 6.96. The molecule has 147 heavy (non-hydrogen) atoms. The van der Waals surface area contributed by atoms with Crippen molar-refractivity contribution in [2.75, 3.05) is 0 Å². The Morgan fingerprint density at radius 3 is 1.00 bits per heavy atom. The van der Waals surface area contributed by atoms with E-state index in [1.165, 1.54) is 115 Å². The molecule has 3 aliphatic carbocycles. The third kappa shape index (κ3) is 13.9. The SMILES string of the molecule is c1ccc(-c2nc(-c3ccccc3)nc(-c3cccc(-n4c5ccc(-c6ccccc6)c6c5c5c7c(cccc7ccc54)-c4ccccc4-6)c3)n2)cc1.c1ccc(-c2nc(-c3ccccc3)nc(-c3cccc(-n4c5ccc6cccc7c6c5c5c(ccnc54)-c4ncccc4-7)c3)n2)cc1.c1ccc(-c2nc(-c3ccccc3)nc(-c3cccc(-n4c5cncc6c5c5c7c(cccc7ncc54)-c4ccccc4-6)c3)n2)cc1. The van der Waals surface area contributed by atoms with E-state index in [2.05, 4.69) is 268 Å². The van der Waals surface area contributed by atoms with Crippen LogP contribution >= 0.6 is 0 Å². The number of benzene rings is 18. The molecule has 16 heteroatoms. The lowest BCUT2D eigenvalue weighted by molar-refractivity contribution is 1.07. The molecule has 16 nitrogen and oxygen atoms in total. The standard InChI is InChI=1S/C49H30N4.2C41H24N6/c1-4-14-31(15-5-1)37-27-29-42-46-44(37)40-24-11-10-23-38(40)39-25-13-20-32-26-28-41(45(46)43(32)39)53(42)36-22-12-21-35(30-36)49-51-47(33-16-6-2-7-17-33)50-48(52-49)34-18-8-3-9-19-34;1-3-10-26(11-4-1)38-44-39(27-12-5-2-6-13-27)46-40(45-38)28-15-7-16-29(24-28)47-33-20-19-25-14-8-17-30-31-18-9-22-42-37(31)32-21-23-43-41(47)35(32)36(33)34(25)30;1-3-11-25(12-4-1)39-44-40(26-13-5-2-6-14-26)46-41(45-39)27-15-9-16-28(21-27)47-34-23-42-22-32-30-18-8-7-17-29(30)31-19-10-20-33-36(31)38(37(32)34)35(47)24-43-33/h1-30H;2*1-24H. The molecule has 682 valence electrons. The van der Waals surface area contributed by atoms with Crippen LogP contribution in [0.3, 0.4) is 0 Å². The van der Waals surface area contributed by atoms with Gasteiger partial charge in [0.2, 0.25) is 0 Å². The molecule has 0 spiro atoms. The second-order valence-electron chi connectivity index (χ2n) is 37.1. The van der Waals surface area contributed by atoms with Crippen LogP contribution in [0.1, 0.15) is 0 Å². The second-order valence-corrected chi connectivity index (χ2v) is 37.1. The number of pyridine rings is 4. The third-order valence-corrected chi connectivity index (χ3v) is 28.7. The first-order chi connectivity index (χ1) is 72.9. The lowest BCUT2D eigenvalue weighted by Gasteiger charge is -2.17. The van der Waals surface area contributed by atoms with Gasteiger partial charge in [0.05, 0.1) is 51.2 Å². The summed E-state index contributed by atoms with van der Waals surface area (Å²) in [5.74, 6) is 5.69. The Bertz CT molecular complexity index is 9700. The average Bonchev–Trinajstić information content (AvgIpc) is 1.65. The van der Waals surface area contributed by atoms with Crippen molar-refractivity contribution in [3.05, 3.63) is 474 Å². The van der Waals surface area contributed by atoms with Gasteiger partial charge in [-0.15, -0.1) is 0 Å². The number of hydrogen-bond acceptors (Lipinski definition) is 13.